The molecule has 0 saturated carbocycles. The summed E-state index contributed by atoms with van der Waals surface area (Å²) < 4.78 is 10.5. The lowest BCUT2D eigenvalue weighted by molar-refractivity contribution is -0.161. The number of morpholine rings is 1. The Kier molecular flexibility index (Phi) is 6.74. The van der Waals surface area contributed by atoms with Gasteiger partial charge in [0.15, 0.2) is 0 Å². The number of carbonyl (C=O) groups is 2. The number of carbonyl (C=O) groups excluding carboxylic acids is 2. The molecule has 0 radical (unpaired) electrons. The zero-order valence-corrected chi connectivity index (χ0v) is 16.6. The molecule has 2 atom stereocenters. The molecule has 2 amide bonds. The standard InChI is InChI=1S/C19H23N3O5S/c1-12-16(28-11-20-12)7-22-15(8-23)19(27-10-18(22)25)13-3-5-14(6-4-13)21-17(24)9-26-2/h3-6,11,15,19,23H,7-10H2,1-2H3,(H,21,24)/t15-,19-/m1/s1. The fraction of sp³-hybridized carbons (Fsp3) is 0.421. The number of aliphatic hydroxyl groups is 1. The molecule has 2 N–H and O–H groups in total. The van der Waals surface area contributed by atoms with Gasteiger partial charge >= 0.3 is 0 Å². The molecule has 9 heteroatoms. The fourth-order valence-electron chi connectivity index (χ4n) is 3.14. The summed E-state index contributed by atoms with van der Waals surface area (Å²) in [7, 11) is 1.46. The largest absolute Gasteiger partial charge is 0.394 e. The van der Waals surface area contributed by atoms with Crippen LogP contribution in [0, 0.1) is 6.92 Å². The molecular weight excluding hydrogens is 382 g/mol. The highest BCUT2D eigenvalue weighted by Crippen LogP contribution is 2.31. The van der Waals surface area contributed by atoms with E-state index in [1.807, 2.05) is 19.1 Å². The average Bonchev–Trinajstić information content (AvgIpc) is 3.09. The minimum atomic E-state index is -0.503. The molecule has 150 valence electrons. The predicted octanol–water partition coefficient (Wildman–Crippen LogP) is 1.50. The van der Waals surface area contributed by atoms with Crippen LogP contribution in [0.1, 0.15) is 22.2 Å². The highest BCUT2D eigenvalue weighted by atomic mass is 32.1. The first-order valence-electron chi connectivity index (χ1n) is 8.83. The molecule has 1 aromatic heterocycles. The lowest BCUT2D eigenvalue weighted by Gasteiger charge is -2.40. The van der Waals surface area contributed by atoms with E-state index in [-0.39, 0.29) is 31.6 Å². The first-order chi connectivity index (χ1) is 13.5. The number of anilines is 1. The lowest BCUT2D eigenvalue weighted by atomic mass is 9.99. The van der Waals surface area contributed by atoms with E-state index >= 15 is 0 Å². The number of ether oxygens (including phenoxy) is 2. The Hall–Kier alpha value is -2.33. The molecule has 0 bridgehead atoms. The number of aliphatic hydroxyl groups excluding tert-OH is 1. The second kappa shape index (κ2) is 9.24. The summed E-state index contributed by atoms with van der Waals surface area (Å²) >= 11 is 1.49. The Morgan fingerprint density at radius 2 is 2.18 bits per heavy atom. The van der Waals surface area contributed by atoms with Crippen LogP contribution in [0.3, 0.4) is 0 Å². The van der Waals surface area contributed by atoms with Gasteiger partial charge in [-0.15, -0.1) is 11.3 Å². The number of nitrogens with one attached hydrogen (secondary N) is 1. The van der Waals surface area contributed by atoms with Crippen LogP contribution in [0.5, 0.6) is 0 Å². The van der Waals surface area contributed by atoms with Gasteiger partial charge in [0.05, 0.1) is 30.4 Å². The third kappa shape index (κ3) is 4.56. The third-order valence-corrected chi connectivity index (χ3v) is 5.52. The average molecular weight is 405 g/mol. The van der Waals surface area contributed by atoms with Crippen molar-refractivity contribution < 1.29 is 24.2 Å². The number of amides is 2. The highest BCUT2D eigenvalue weighted by Gasteiger charge is 2.37. The molecule has 1 fully saturated rings. The minimum absolute atomic E-state index is 0.0197. The maximum atomic E-state index is 12.4. The Morgan fingerprint density at radius 3 is 2.79 bits per heavy atom. The molecule has 8 nitrogen and oxygen atoms in total. The molecule has 0 unspecified atom stereocenters. The van der Waals surface area contributed by atoms with Crippen LogP contribution in [-0.4, -0.2) is 59.8 Å². The summed E-state index contributed by atoms with van der Waals surface area (Å²) in [4.78, 5) is 30.9. The Balaban J connectivity index is 1.76. The number of nitrogens with zero attached hydrogens (tertiary/aromatic N) is 2. The normalized spacial score (nSPS) is 19.7. The van der Waals surface area contributed by atoms with Crippen molar-refractivity contribution in [1.82, 2.24) is 9.88 Å². The van der Waals surface area contributed by atoms with Crippen molar-refractivity contribution in [2.24, 2.45) is 0 Å². The SMILES string of the molecule is COCC(=O)Nc1ccc([C@H]2OCC(=O)N(Cc3scnc3C)[C@@H]2CO)cc1. The van der Waals surface area contributed by atoms with Gasteiger partial charge in [-0.2, -0.15) is 0 Å². The molecular formula is C19H23N3O5S. The Bertz CT molecular complexity index is 823. The van der Waals surface area contributed by atoms with Gasteiger partial charge in [0.2, 0.25) is 11.8 Å². The van der Waals surface area contributed by atoms with E-state index in [1.54, 1.807) is 22.5 Å². The first-order valence-corrected chi connectivity index (χ1v) is 9.71. The van der Waals surface area contributed by atoms with E-state index in [0.717, 1.165) is 16.1 Å². The van der Waals surface area contributed by atoms with Crippen LogP contribution in [0.25, 0.3) is 0 Å². The van der Waals surface area contributed by atoms with E-state index in [4.69, 9.17) is 9.47 Å². The minimum Gasteiger partial charge on any atom is -0.394 e. The molecule has 1 aromatic carbocycles. The van der Waals surface area contributed by atoms with Gasteiger partial charge in [-0.25, -0.2) is 4.98 Å². The van der Waals surface area contributed by atoms with Gasteiger partial charge in [0.1, 0.15) is 19.3 Å². The molecule has 0 aliphatic carbocycles. The van der Waals surface area contributed by atoms with Gasteiger partial charge in [-0.3, -0.25) is 9.59 Å². The Morgan fingerprint density at radius 1 is 1.43 bits per heavy atom. The monoisotopic (exact) mass is 405 g/mol. The fourth-order valence-corrected chi connectivity index (χ4v) is 3.91. The first kappa shape index (κ1) is 20.4. The summed E-state index contributed by atoms with van der Waals surface area (Å²) in [6.45, 7) is 2.00. The number of hydrogen-bond donors (Lipinski definition) is 2. The number of aryl methyl sites for hydroxylation is 1. The summed E-state index contributed by atoms with van der Waals surface area (Å²) in [5, 5.41) is 12.7. The zero-order valence-electron chi connectivity index (χ0n) is 15.8. The number of rotatable bonds is 7. The van der Waals surface area contributed by atoms with E-state index in [1.165, 1.54) is 18.4 Å². The van der Waals surface area contributed by atoms with E-state index in [2.05, 4.69) is 10.3 Å². The molecule has 1 aliphatic heterocycles. The molecule has 2 aromatic rings. The van der Waals surface area contributed by atoms with E-state index in [0.29, 0.717) is 12.2 Å². The van der Waals surface area contributed by atoms with E-state index in [9.17, 15) is 14.7 Å². The second-order valence-electron chi connectivity index (χ2n) is 6.47. The molecule has 1 saturated heterocycles. The van der Waals surface area contributed by atoms with Gasteiger partial charge in [-0.1, -0.05) is 12.1 Å². The lowest BCUT2D eigenvalue weighted by Crippen LogP contribution is -2.52. The maximum Gasteiger partial charge on any atom is 0.250 e. The van der Waals surface area contributed by atoms with Gasteiger partial charge in [0, 0.05) is 17.7 Å². The molecule has 1 aliphatic rings. The summed E-state index contributed by atoms with van der Waals surface area (Å²) in [5.74, 6) is -0.402. The molecule has 2 heterocycles. The summed E-state index contributed by atoms with van der Waals surface area (Å²) in [5.41, 5.74) is 4.09. The predicted molar refractivity (Wildman–Crippen MR) is 104 cm³/mol. The van der Waals surface area contributed by atoms with E-state index < -0.39 is 12.1 Å². The Labute approximate surface area is 167 Å². The van der Waals surface area contributed by atoms with Crippen LogP contribution in [-0.2, 0) is 25.6 Å². The van der Waals surface area contributed by atoms with Crippen LogP contribution >= 0.6 is 11.3 Å². The summed E-state index contributed by atoms with van der Waals surface area (Å²) in [6, 6.07) is 6.66. The number of benzene rings is 1. The van der Waals surface area contributed by atoms with Crippen LogP contribution in [0.2, 0.25) is 0 Å². The third-order valence-electron chi connectivity index (χ3n) is 4.60. The van der Waals surface area contributed by atoms with Crippen LogP contribution in [0.15, 0.2) is 29.8 Å². The smallest absolute Gasteiger partial charge is 0.250 e. The van der Waals surface area contributed by atoms with Crippen molar-refractivity contribution in [3.8, 4) is 0 Å². The molecule has 28 heavy (non-hydrogen) atoms. The van der Waals surface area contributed by atoms with Gasteiger partial charge in [0.25, 0.3) is 0 Å². The number of thiazole rings is 1. The second-order valence-corrected chi connectivity index (χ2v) is 7.41. The molecule has 3 rings (SSSR count). The van der Waals surface area contributed by atoms with Crippen molar-refractivity contribution in [1.29, 1.82) is 0 Å². The van der Waals surface area contributed by atoms with Crippen LogP contribution < -0.4 is 5.32 Å². The van der Waals surface area contributed by atoms with Crippen molar-refractivity contribution in [3.63, 3.8) is 0 Å². The molecule has 0 spiro atoms. The topological polar surface area (TPSA) is 101 Å². The van der Waals surface area contributed by atoms with Crippen molar-refractivity contribution in [2.45, 2.75) is 25.6 Å². The highest BCUT2D eigenvalue weighted by molar-refractivity contribution is 7.09. The van der Waals surface area contributed by atoms with Gasteiger partial charge in [-0.05, 0) is 24.6 Å². The zero-order chi connectivity index (χ0) is 20.1. The maximum absolute atomic E-state index is 12.4. The van der Waals surface area contributed by atoms with Crippen molar-refractivity contribution in [2.75, 3.05) is 32.2 Å². The number of methoxy groups -OCH3 is 1. The van der Waals surface area contributed by atoms with Crippen LogP contribution in [0.4, 0.5) is 5.69 Å². The quantitative estimate of drug-likeness (QED) is 0.724. The van der Waals surface area contributed by atoms with Crippen molar-refractivity contribution >= 4 is 28.8 Å². The van der Waals surface area contributed by atoms with Gasteiger partial charge < -0.3 is 24.8 Å². The number of aromatic nitrogens is 1. The van der Waals surface area contributed by atoms with Crippen molar-refractivity contribution in [3.05, 3.63) is 45.9 Å². The summed E-state index contributed by atoms with van der Waals surface area (Å²) in [6.07, 6.45) is -0.459. The number of hydrogen-bond acceptors (Lipinski definition) is 7.